The van der Waals surface area contributed by atoms with Gasteiger partial charge in [-0.25, -0.2) is 0 Å². The Morgan fingerprint density at radius 2 is 1.89 bits per heavy atom. The van der Waals surface area contributed by atoms with Gasteiger partial charge in [0.1, 0.15) is 0 Å². The van der Waals surface area contributed by atoms with Gasteiger partial charge < -0.3 is 15.4 Å². The SMILES string of the molecule is CN=C(NCC1(c2cccc(C(F)(F)F)c2)CCOCC1)NC(C)C(C)C. The zero-order valence-electron chi connectivity index (χ0n) is 16.5. The molecule has 1 aliphatic heterocycles. The van der Waals surface area contributed by atoms with E-state index in [1.807, 2.05) is 0 Å². The average Bonchev–Trinajstić information content (AvgIpc) is 2.65. The van der Waals surface area contributed by atoms with Crippen molar-refractivity contribution in [3.05, 3.63) is 35.4 Å². The van der Waals surface area contributed by atoms with Crippen molar-refractivity contribution < 1.29 is 17.9 Å². The highest BCUT2D eigenvalue weighted by Crippen LogP contribution is 2.37. The molecule has 1 saturated heterocycles. The smallest absolute Gasteiger partial charge is 0.381 e. The topological polar surface area (TPSA) is 45.7 Å². The molecule has 7 heteroatoms. The Morgan fingerprint density at radius 1 is 1.22 bits per heavy atom. The summed E-state index contributed by atoms with van der Waals surface area (Å²) >= 11 is 0. The summed E-state index contributed by atoms with van der Waals surface area (Å²) in [6.07, 6.45) is -3.02. The van der Waals surface area contributed by atoms with E-state index in [0.29, 0.717) is 50.0 Å². The average molecular weight is 385 g/mol. The third kappa shape index (κ3) is 5.61. The molecular formula is C20H30F3N3O. The molecule has 0 spiro atoms. The molecule has 1 unspecified atom stereocenters. The van der Waals surface area contributed by atoms with Crippen molar-refractivity contribution in [2.24, 2.45) is 10.9 Å². The van der Waals surface area contributed by atoms with E-state index >= 15 is 0 Å². The molecule has 1 aromatic rings. The van der Waals surface area contributed by atoms with Crippen molar-refractivity contribution in [1.29, 1.82) is 0 Å². The number of guanidine groups is 1. The van der Waals surface area contributed by atoms with Gasteiger partial charge in [-0.15, -0.1) is 0 Å². The summed E-state index contributed by atoms with van der Waals surface area (Å²) in [6, 6.07) is 5.91. The fourth-order valence-corrected chi connectivity index (χ4v) is 3.18. The van der Waals surface area contributed by atoms with Crippen LogP contribution < -0.4 is 10.6 Å². The summed E-state index contributed by atoms with van der Waals surface area (Å²) in [7, 11) is 1.70. The van der Waals surface area contributed by atoms with Gasteiger partial charge >= 0.3 is 6.18 Å². The molecule has 1 aromatic carbocycles. The number of benzene rings is 1. The number of rotatable bonds is 5. The zero-order chi connectivity index (χ0) is 20.1. The number of hydrogen-bond donors (Lipinski definition) is 2. The van der Waals surface area contributed by atoms with Crippen LogP contribution in [0.2, 0.25) is 0 Å². The fraction of sp³-hybridized carbons (Fsp3) is 0.650. The van der Waals surface area contributed by atoms with E-state index in [9.17, 15) is 13.2 Å². The maximum Gasteiger partial charge on any atom is 0.416 e. The van der Waals surface area contributed by atoms with Crippen LogP contribution in [0.15, 0.2) is 29.3 Å². The van der Waals surface area contributed by atoms with E-state index in [2.05, 4.69) is 36.4 Å². The largest absolute Gasteiger partial charge is 0.416 e. The van der Waals surface area contributed by atoms with E-state index in [0.717, 1.165) is 6.07 Å². The maximum absolute atomic E-state index is 13.2. The number of hydrogen-bond acceptors (Lipinski definition) is 2. The molecule has 0 aliphatic carbocycles. The third-order valence-corrected chi connectivity index (χ3v) is 5.43. The number of ether oxygens (including phenoxy) is 1. The maximum atomic E-state index is 13.2. The summed E-state index contributed by atoms with van der Waals surface area (Å²) in [5.74, 6) is 1.10. The standard InChI is InChI=1S/C20H30F3N3O/c1-14(2)15(3)26-18(24-4)25-13-19(8-10-27-11-9-19)16-6-5-7-17(12-16)20(21,22)23/h5-7,12,14-15H,8-11,13H2,1-4H3,(H2,24,25,26). The second kappa shape index (κ2) is 8.95. The van der Waals surface area contributed by atoms with E-state index in [1.54, 1.807) is 13.1 Å². The van der Waals surface area contributed by atoms with Crippen molar-refractivity contribution in [3.63, 3.8) is 0 Å². The molecule has 152 valence electrons. The number of aliphatic imine (C=N–C) groups is 1. The number of nitrogens with one attached hydrogen (secondary N) is 2. The highest BCUT2D eigenvalue weighted by molar-refractivity contribution is 5.80. The molecule has 1 heterocycles. The lowest BCUT2D eigenvalue weighted by Gasteiger charge is -2.38. The molecule has 0 amide bonds. The van der Waals surface area contributed by atoms with Crippen LogP contribution in [0.3, 0.4) is 0 Å². The van der Waals surface area contributed by atoms with Gasteiger partial charge in [-0.2, -0.15) is 13.2 Å². The van der Waals surface area contributed by atoms with Gasteiger partial charge in [-0.05, 0) is 37.3 Å². The second-order valence-corrected chi connectivity index (χ2v) is 7.57. The van der Waals surface area contributed by atoms with Crippen molar-refractivity contribution in [3.8, 4) is 0 Å². The van der Waals surface area contributed by atoms with Crippen LogP contribution in [0.25, 0.3) is 0 Å². The van der Waals surface area contributed by atoms with E-state index in [4.69, 9.17) is 4.74 Å². The lowest BCUT2D eigenvalue weighted by molar-refractivity contribution is -0.137. The fourth-order valence-electron chi connectivity index (χ4n) is 3.18. The molecule has 2 rings (SSSR count). The summed E-state index contributed by atoms with van der Waals surface area (Å²) < 4.78 is 45.0. The molecule has 27 heavy (non-hydrogen) atoms. The minimum atomic E-state index is -4.35. The van der Waals surface area contributed by atoms with Crippen molar-refractivity contribution in [2.75, 3.05) is 26.8 Å². The van der Waals surface area contributed by atoms with Crippen molar-refractivity contribution in [2.45, 2.75) is 51.2 Å². The first-order valence-corrected chi connectivity index (χ1v) is 9.40. The van der Waals surface area contributed by atoms with Crippen LogP contribution in [-0.2, 0) is 16.3 Å². The van der Waals surface area contributed by atoms with Crippen molar-refractivity contribution in [1.82, 2.24) is 10.6 Å². The Balaban J connectivity index is 2.22. The molecule has 1 fully saturated rings. The highest BCUT2D eigenvalue weighted by Gasteiger charge is 2.37. The van der Waals surface area contributed by atoms with Gasteiger partial charge in [0.05, 0.1) is 5.56 Å². The first-order chi connectivity index (χ1) is 12.7. The first-order valence-electron chi connectivity index (χ1n) is 9.40. The second-order valence-electron chi connectivity index (χ2n) is 7.57. The Morgan fingerprint density at radius 3 is 2.44 bits per heavy atom. The first kappa shape index (κ1) is 21.5. The van der Waals surface area contributed by atoms with E-state index in [1.165, 1.54) is 12.1 Å². The molecule has 0 aromatic heterocycles. The Bertz CT molecular complexity index is 638. The minimum absolute atomic E-state index is 0.232. The molecule has 0 saturated carbocycles. The van der Waals surface area contributed by atoms with Gasteiger partial charge in [-0.3, -0.25) is 4.99 Å². The number of halogens is 3. The Labute approximate surface area is 159 Å². The van der Waals surface area contributed by atoms with Gasteiger partial charge in [-0.1, -0.05) is 32.0 Å². The minimum Gasteiger partial charge on any atom is -0.381 e. The van der Waals surface area contributed by atoms with Gasteiger partial charge in [0.25, 0.3) is 0 Å². The predicted octanol–water partition coefficient (Wildman–Crippen LogP) is 3.96. The van der Waals surface area contributed by atoms with Crippen LogP contribution in [0.1, 0.15) is 44.7 Å². The van der Waals surface area contributed by atoms with Crippen LogP contribution in [0.5, 0.6) is 0 Å². The Hall–Kier alpha value is -1.76. The number of alkyl halides is 3. The normalized spacial score (nSPS) is 19.0. The van der Waals surface area contributed by atoms with E-state index < -0.39 is 17.2 Å². The van der Waals surface area contributed by atoms with Crippen LogP contribution in [0.4, 0.5) is 13.2 Å². The van der Waals surface area contributed by atoms with Gasteiger partial charge in [0.15, 0.2) is 5.96 Å². The van der Waals surface area contributed by atoms with Crippen LogP contribution >= 0.6 is 0 Å². The monoisotopic (exact) mass is 385 g/mol. The molecule has 2 N–H and O–H groups in total. The summed E-state index contributed by atoms with van der Waals surface area (Å²) in [6.45, 7) is 7.89. The molecule has 1 atom stereocenters. The van der Waals surface area contributed by atoms with Crippen LogP contribution in [-0.4, -0.2) is 38.8 Å². The molecule has 0 bridgehead atoms. The lowest BCUT2D eigenvalue weighted by Crippen LogP contribution is -2.50. The van der Waals surface area contributed by atoms with Crippen LogP contribution in [0, 0.1) is 5.92 Å². The Kier molecular flexibility index (Phi) is 7.14. The molecular weight excluding hydrogens is 355 g/mol. The van der Waals surface area contributed by atoms with E-state index in [-0.39, 0.29) is 6.04 Å². The van der Waals surface area contributed by atoms with Gasteiger partial charge in [0, 0.05) is 38.3 Å². The third-order valence-electron chi connectivity index (χ3n) is 5.43. The summed E-state index contributed by atoms with van der Waals surface area (Å²) in [4.78, 5) is 4.26. The van der Waals surface area contributed by atoms with Gasteiger partial charge in [0.2, 0.25) is 0 Å². The molecule has 0 radical (unpaired) electrons. The summed E-state index contributed by atoms with van der Waals surface area (Å²) in [5, 5.41) is 6.66. The molecule has 1 aliphatic rings. The lowest BCUT2D eigenvalue weighted by atomic mass is 9.73. The summed E-state index contributed by atoms with van der Waals surface area (Å²) in [5.41, 5.74) is -0.333. The van der Waals surface area contributed by atoms with Crippen molar-refractivity contribution >= 4 is 5.96 Å². The molecule has 4 nitrogen and oxygen atoms in total. The quantitative estimate of drug-likeness (QED) is 0.596. The number of nitrogens with zero attached hydrogens (tertiary/aromatic N) is 1. The highest BCUT2D eigenvalue weighted by atomic mass is 19.4. The zero-order valence-corrected chi connectivity index (χ0v) is 16.5. The predicted molar refractivity (Wildman–Crippen MR) is 102 cm³/mol.